The molecule has 0 atom stereocenters. The summed E-state index contributed by atoms with van der Waals surface area (Å²) < 4.78 is 0. The van der Waals surface area contributed by atoms with E-state index in [4.69, 9.17) is 5.11 Å². The van der Waals surface area contributed by atoms with E-state index in [1.54, 1.807) is 11.3 Å². The zero-order valence-electron chi connectivity index (χ0n) is 15.6. The van der Waals surface area contributed by atoms with Crippen LogP contribution in [0, 0.1) is 6.92 Å². The van der Waals surface area contributed by atoms with E-state index in [1.807, 2.05) is 6.92 Å². The lowest BCUT2D eigenvalue weighted by atomic mass is 10.0. The molecule has 1 heterocycles. The Kier molecular flexibility index (Phi) is 11.8. The predicted molar refractivity (Wildman–Crippen MR) is 103 cm³/mol. The second-order valence-corrected chi connectivity index (χ2v) is 8.10. The van der Waals surface area contributed by atoms with Gasteiger partial charge in [-0.1, -0.05) is 77.6 Å². The van der Waals surface area contributed by atoms with Crippen LogP contribution in [0.2, 0.25) is 0 Å². The Morgan fingerprint density at radius 3 is 1.92 bits per heavy atom. The number of aromatic nitrogens is 1. The molecule has 0 amide bonds. The number of rotatable bonds is 15. The molecule has 1 N–H and O–H groups in total. The Labute approximate surface area is 151 Å². The lowest BCUT2D eigenvalue weighted by Crippen LogP contribution is -2.03. The van der Waals surface area contributed by atoms with Crippen LogP contribution in [-0.2, 0) is 17.6 Å². The summed E-state index contributed by atoms with van der Waals surface area (Å²) in [6, 6.07) is 0. The van der Waals surface area contributed by atoms with Gasteiger partial charge in [0.1, 0.15) is 0 Å². The third-order valence-corrected chi connectivity index (χ3v) is 5.53. The van der Waals surface area contributed by atoms with Crippen molar-refractivity contribution in [3.8, 4) is 0 Å². The number of hydrogen-bond acceptors (Lipinski definition) is 3. The van der Waals surface area contributed by atoms with Gasteiger partial charge >= 0.3 is 5.97 Å². The fourth-order valence-electron chi connectivity index (χ4n) is 3.12. The average molecular weight is 354 g/mol. The average Bonchev–Trinajstić information content (AvgIpc) is 2.87. The van der Waals surface area contributed by atoms with Crippen molar-refractivity contribution < 1.29 is 9.90 Å². The number of aryl methyl sites for hydroxylation is 2. The fourth-order valence-corrected chi connectivity index (χ4v) is 4.11. The Balaban J connectivity index is 2.00. The highest BCUT2D eigenvalue weighted by atomic mass is 32.1. The number of unbranched alkanes of at least 4 members (excludes halogenated alkanes) is 11. The zero-order valence-corrected chi connectivity index (χ0v) is 16.4. The molecule has 4 heteroatoms. The van der Waals surface area contributed by atoms with Crippen LogP contribution in [0.15, 0.2) is 0 Å². The van der Waals surface area contributed by atoms with E-state index < -0.39 is 5.97 Å². The largest absolute Gasteiger partial charge is 0.481 e. The molecule has 0 aromatic carbocycles. The van der Waals surface area contributed by atoms with Crippen molar-refractivity contribution in [2.45, 2.75) is 104 Å². The smallest absolute Gasteiger partial charge is 0.309 e. The van der Waals surface area contributed by atoms with Gasteiger partial charge in [0.15, 0.2) is 0 Å². The van der Waals surface area contributed by atoms with Crippen LogP contribution in [0.1, 0.15) is 99.6 Å². The molecule has 0 bridgehead atoms. The molecular weight excluding hydrogens is 318 g/mol. The van der Waals surface area contributed by atoms with E-state index in [1.165, 1.54) is 75.5 Å². The number of carbonyl (C=O) groups is 1. The third kappa shape index (κ3) is 10.1. The first-order chi connectivity index (χ1) is 11.6. The summed E-state index contributed by atoms with van der Waals surface area (Å²) in [7, 11) is 0. The third-order valence-electron chi connectivity index (χ3n) is 4.46. The van der Waals surface area contributed by atoms with Crippen molar-refractivity contribution in [2.75, 3.05) is 0 Å². The number of carboxylic acid groups (broad SMARTS) is 1. The summed E-state index contributed by atoms with van der Waals surface area (Å²) in [6.07, 6.45) is 17.3. The number of aliphatic carboxylic acids is 1. The van der Waals surface area contributed by atoms with E-state index in [0.29, 0.717) is 0 Å². The zero-order chi connectivity index (χ0) is 17.6. The van der Waals surface area contributed by atoms with Gasteiger partial charge in [0.25, 0.3) is 0 Å². The number of nitrogens with zero attached hydrogens (tertiary/aromatic N) is 1. The minimum Gasteiger partial charge on any atom is -0.481 e. The molecule has 0 saturated heterocycles. The quantitative estimate of drug-likeness (QED) is 0.375. The topological polar surface area (TPSA) is 50.2 Å². The molecule has 0 fully saturated rings. The van der Waals surface area contributed by atoms with Gasteiger partial charge in [-0.2, -0.15) is 0 Å². The normalized spacial score (nSPS) is 11.1. The standard InChI is InChI=1S/C20H35NO2S/c1-3-4-5-6-7-8-9-10-11-12-13-14-15-19-18(16-20(22)23)21-17(2)24-19/h3-16H2,1-2H3,(H,22,23). The van der Waals surface area contributed by atoms with Gasteiger partial charge in [-0.15, -0.1) is 11.3 Å². The lowest BCUT2D eigenvalue weighted by Gasteiger charge is -2.03. The highest BCUT2D eigenvalue weighted by Gasteiger charge is 2.11. The summed E-state index contributed by atoms with van der Waals surface area (Å²) in [6.45, 7) is 4.23. The van der Waals surface area contributed by atoms with Crippen LogP contribution in [0.3, 0.4) is 0 Å². The minimum absolute atomic E-state index is 0.0674. The van der Waals surface area contributed by atoms with Gasteiger partial charge in [0, 0.05) is 4.88 Å². The Hall–Kier alpha value is -0.900. The van der Waals surface area contributed by atoms with Crippen molar-refractivity contribution in [3.05, 3.63) is 15.6 Å². The molecular formula is C20H35NO2S. The van der Waals surface area contributed by atoms with E-state index >= 15 is 0 Å². The molecule has 1 aromatic heterocycles. The fraction of sp³-hybridized carbons (Fsp3) is 0.800. The number of hydrogen-bond donors (Lipinski definition) is 1. The first kappa shape index (κ1) is 21.1. The summed E-state index contributed by atoms with van der Waals surface area (Å²) >= 11 is 1.66. The van der Waals surface area contributed by atoms with Gasteiger partial charge in [-0.3, -0.25) is 4.79 Å². The van der Waals surface area contributed by atoms with Crippen molar-refractivity contribution >= 4 is 17.3 Å². The highest BCUT2D eigenvalue weighted by molar-refractivity contribution is 7.11. The van der Waals surface area contributed by atoms with Gasteiger partial charge in [0.05, 0.1) is 17.1 Å². The summed E-state index contributed by atoms with van der Waals surface area (Å²) in [5.41, 5.74) is 0.785. The molecule has 0 unspecified atom stereocenters. The van der Waals surface area contributed by atoms with Crippen LogP contribution in [0.5, 0.6) is 0 Å². The molecule has 0 aliphatic carbocycles. The van der Waals surface area contributed by atoms with Crippen LogP contribution in [-0.4, -0.2) is 16.1 Å². The molecule has 1 rings (SSSR count). The second-order valence-electron chi connectivity index (χ2n) is 6.81. The van der Waals surface area contributed by atoms with Gasteiger partial charge < -0.3 is 5.11 Å². The Morgan fingerprint density at radius 2 is 1.42 bits per heavy atom. The second kappa shape index (κ2) is 13.4. The molecule has 0 saturated carbocycles. The first-order valence-corrected chi connectivity index (χ1v) is 10.6. The van der Waals surface area contributed by atoms with Gasteiger partial charge in [-0.25, -0.2) is 4.98 Å². The van der Waals surface area contributed by atoms with Crippen molar-refractivity contribution in [1.82, 2.24) is 4.98 Å². The molecule has 3 nitrogen and oxygen atoms in total. The first-order valence-electron chi connectivity index (χ1n) is 9.80. The van der Waals surface area contributed by atoms with Crippen molar-refractivity contribution in [2.24, 2.45) is 0 Å². The van der Waals surface area contributed by atoms with Crippen LogP contribution < -0.4 is 0 Å². The molecule has 0 radical (unpaired) electrons. The molecule has 24 heavy (non-hydrogen) atoms. The van der Waals surface area contributed by atoms with E-state index in [0.717, 1.165) is 23.5 Å². The molecule has 0 aliphatic heterocycles. The summed E-state index contributed by atoms with van der Waals surface area (Å²) in [5, 5.41) is 9.92. The maximum absolute atomic E-state index is 10.9. The van der Waals surface area contributed by atoms with E-state index in [2.05, 4.69) is 11.9 Å². The maximum Gasteiger partial charge on any atom is 0.309 e. The predicted octanol–water partition coefficient (Wildman–Crippen LogP) is 6.32. The maximum atomic E-state index is 10.9. The number of carboxylic acids is 1. The monoisotopic (exact) mass is 353 g/mol. The molecule has 0 aliphatic rings. The lowest BCUT2D eigenvalue weighted by molar-refractivity contribution is -0.136. The minimum atomic E-state index is -0.781. The van der Waals surface area contributed by atoms with Gasteiger partial charge in [-0.05, 0) is 19.8 Å². The van der Waals surface area contributed by atoms with E-state index in [9.17, 15) is 4.79 Å². The number of thiazole rings is 1. The Morgan fingerprint density at radius 1 is 0.917 bits per heavy atom. The Bertz CT molecular complexity index is 456. The van der Waals surface area contributed by atoms with Crippen LogP contribution in [0.4, 0.5) is 0 Å². The van der Waals surface area contributed by atoms with Crippen LogP contribution in [0.25, 0.3) is 0 Å². The van der Waals surface area contributed by atoms with Crippen LogP contribution >= 0.6 is 11.3 Å². The molecule has 138 valence electrons. The summed E-state index contributed by atoms with van der Waals surface area (Å²) in [5.74, 6) is -0.781. The summed E-state index contributed by atoms with van der Waals surface area (Å²) in [4.78, 5) is 16.4. The van der Waals surface area contributed by atoms with Crippen molar-refractivity contribution in [1.29, 1.82) is 0 Å². The van der Waals surface area contributed by atoms with Crippen molar-refractivity contribution in [3.63, 3.8) is 0 Å². The molecule has 1 aromatic rings. The van der Waals surface area contributed by atoms with E-state index in [-0.39, 0.29) is 6.42 Å². The molecule has 0 spiro atoms. The van der Waals surface area contributed by atoms with Gasteiger partial charge in [0.2, 0.25) is 0 Å². The SMILES string of the molecule is CCCCCCCCCCCCCCc1sc(C)nc1CC(=O)O. The highest BCUT2D eigenvalue weighted by Crippen LogP contribution is 2.21.